The van der Waals surface area contributed by atoms with Crippen molar-refractivity contribution in [2.75, 3.05) is 5.73 Å². The fraction of sp³-hybridized carbons (Fsp3) is 0.231. The highest BCUT2D eigenvalue weighted by Gasteiger charge is 2.18. The summed E-state index contributed by atoms with van der Waals surface area (Å²) in [7, 11) is 0. The van der Waals surface area contributed by atoms with E-state index in [4.69, 9.17) is 5.73 Å². The maximum Gasteiger partial charge on any atom is 0.280 e. The highest BCUT2D eigenvalue weighted by molar-refractivity contribution is 6.08. The molecular weight excluding hydrogens is 398 g/mol. The molecule has 1 atom stereocenters. The number of aryl methyl sites for hydroxylation is 1. The van der Waals surface area contributed by atoms with Crippen molar-refractivity contribution in [2.24, 2.45) is 0 Å². The average molecular weight is 426 g/mol. The molecule has 0 spiro atoms. The summed E-state index contributed by atoms with van der Waals surface area (Å²) in [6.45, 7) is 2.37. The van der Waals surface area contributed by atoms with Crippen LogP contribution in [0.2, 0.25) is 0 Å². The van der Waals surface area contributed by atoms with Crippen molar-refractivity contribution in [3.8, 4) is 0 Å². The molecule has 6 nitrogen and oxygen atoms in total. The highest BCUT2D eigenvalue weighted by Crippen LogP contribution is 2.37. The predicted molar refractivity (Wildman–Crippen MR) is 132 cm³/mol. The van der Waals surface area contributed by atoms with Gasteiger partial charge in [0, 0.05) is 12.4 Å². The van der Waals surface area contributed by atoms with Crippen molar-refractivity contribution in [3.63, 3.8) is 0 Å². The van der Waals surface area contributed by atoms with Crippen LogP contribution in [0.15, 0.2) is 65.7 Å². The van der Waals surface area contributed by atoms with Crippen LogP contribution in [0.1, 0.15) is 44.2 Å². The highest BCUT2D eigenvalue weighted by atomic mass is 16.1. The number of aromatic amines is 1. The standard InChI is InChI=1S/C19H18.C6H5N5O.CH4/c1-13-5-4-8-17-15(13)11-12-18-16-7-3-2-6-14(16)9-10-19(17)18;7-6-10-4-3(5(12)11-6)8-1-2-9-4;/h2-3,6-7,9-13H,4-5,8H2,1H3;1-2H,(H3,7,9,10,11,12);1H4. The molecular formula is C26H27N5O. The van der Waals surface area contributed by atoms with Gasteiger partial charge in [-0.15, -0.1) is 0 Å². The van der Waals surface area contributed by atoms with Crippen LogP contribution >= 0.6 is 0 Å². The zero-order chi connectivity index (χ0) is 21.4. The lowest BCUT2D eigenvalue weighted by atomic mass is 9.81. The van der Waals surface area contributed by atoms with Gasteiger partial charge in [-0.05, 0) is 57.9 Å². The third-order valence-corrected chi connectivity index (χ3v) is 6.03. The number of anilines is 1. The minimum Gasteiger partial charge on any atom is -0.369 e. The fourth-order valence-electron chi connectivity index (χ4n) is 4.54. The van der Waals surface area contributed by atoms with E-state index in [-0.39, 0.29) is 30.1 Å². The van der Waals surface area contributed by atoms with Gasteiger partial charge in [-0.25, -0.2) is 9.97 Å². The molecule has 1 unspecified atom stereocenters. The number of benzene rings is 3. The zero-order valence-corrected chi connectivity index (χ0v) is 17.3. The van der Waals surface area contributed by atoms with E-state index >= 15 is 0 Å². The third-order valence-electron chi connectivity index (χ3n) is 6.03. The molecule has 3 aromatic carbocycles. The van der Waals surface area contributed by atoms with E-state index < -0.39 is 0 Å². The average Bonchev–Trinajstić information content (AvgIpc) is 2.79. The summed E-state index contributed by atoms with van der Waals surface area (Å²) >= 11 is 0. The SMILES string of the molecule is C.CC1CCCc2c1ccc1c2ccc2ccccc21.Nc1nc2nccnc2c(=O)[nH]1. The van der Waals surface area contributed by atoms with E-state index in [1.165, 1.54) is 53.2 Å². The molecule has 1 aliphatic rings. The predicted octanol–water partition coefficient (Wildman–Crippen LogP) is 5.36. The van der Waals surface area contributed by atoms with Crippen LogP contribution in [0.5, 0.6) is 0 Å². The molecule has 162 valence electrons. The van der Waals surface area contributed by atoms with Crippen molar-refractivity contribution in [2.45, 2.75) is 39.5 Å². The van der Waals surface area contributed by atoms with E-state index in [1.807, 2.05) is 0 Å². The Morgan fingerprint density at radius 2 is 1.75 bits per heavy atom. The summed E-state index contributed by atoms with van der Waals surface area (Å²) in [5, 5.41) is 5.63. The van der Waals surface area contributed by atoms with Gasteiger partial charge >= 0.3 is 0 Å². The lowest BCUT2D eigenvalue weighted by Crippen LogP contribution is -2.12. The molecule has 2 heterocycles. The molecule has 0 saturated carbocycles. The number of nitrogens with two attached hydrogens (primary N) is 1. The van der Waals surface area contributed by atoms with E-state index in [2.05, 4.69) is 75.4 Å². The van der Waals surface area contributed by atoms with Gasteiger partial charge in [-0.1, -0.05) is 62.9 Å². The Morgan fingerprint density at radius 3 is 2.62 bits per heavy atom. The van der Waals surface area contributed by atoms with Gasteiger partial charge in [0.25, 0.3) is 5.56 Å². The maximum atomic E-state index is 11.1. The first-order valence-corrected chi connectivity index (χ1v) is 10.5. The number of nitrogen functional groups attached to an aromatic ring is 1. The Bertz CT molecular complexity index is 1470. The van der Waals surface area contributed by atoms with Gasteiger partial charge in [-0.3, -0.25) is 9.78 Å². The molecule has 0 amide bonds. The normalized spacial score (nSPS) is 15.0. The van der Waals surface area contributed by atoms with Crippen LogP contribution in [-0.4, -0.2) is 19.9 Å². The molecule has 5 aromatic rings. The molecule has 0 radical (unpaired) electrons. The number of aromatic nitrogens is 4. The monoisotopic (exact) mass is 425 g/mol. The fourth-order valence-corrected chi connectivity index (χ4v) is 4.54. The molecule has 1 aliphatic carbocycles. The Labute approximate surface area is 186 Å². The number of H-pyrrole nitrogens is 1. The van der Waals surface area contributed by atoms with Gasteiger partial charge in [0.1, 0.15) is 0 Å². The molecule has 6 rings (SSSR count). The number of hydrogen-bond acceptors (Lipinski definition) is 5. The zero-order valence-electron chi connectivity index (χ0n) is 17.3. The van der Waals surface area contributed by atoms with Gasteiger partial charge in [-0.2, -0.15) is 4.98 Å². The van der Waals surface area contributed by atoms with Crippen molar-refractivity contribution in [1.29, 1.82) is 0 Å². The van der Waals surface area contributed by atoms with Crippen LogP contribution < -0.4 is 11.3 Å². The van der Waals surface area contributed by atoms with E-state index in [9.17, 15) is 4.79 Å². The quantitative estimate of drug-likeness (QED) is 0.325. The minimum absolute atomic E-state index is 0. The lowest BCUT2D eigenvalue weighted by Gasteiger charge is -2.24. The largest absolute Gasteiger partial charge is 0.369 e. The van der Waals surface area contributed by atoms with E-state index in [0.29, 0.717) is 0 Å². The summed E-state index contributed by atoms with van der Waals surface area (Å²) in [6, 6.07) is 18.0. The summed E-state index contributed by atoms with van der Waals surface area (Å²) in [6.07, 6.45) is 6.80. The van der Waals surface area contributed by atoms with Crippen molar-refractivity contribution in [1.82, 2.24) is 19.9 Å². The second-order valence-corrected chi connectivity index (χ2v) is 7.99. The number of fused-ring (bicyclic) bond motifs is 6. The Balaban J connectivity index is 0.000000164. The molecule has 0 aliphatic heterocycles. The molecule has 3 N–H and O–H groups in total. The minimum atomic E-state index is -0.370. The second-order valence-electron chi connectivity index (χ2n) is 7.99. The molecule has 0 saturated heterocycles. The van der Waals surface area contributed by atoms with Crippen LogP contribution in [0.4, 0.5) is 5.95 Å². The molecule has 6 heteroatoms. The van der Waals surface area contributed by atoms with Crippen molar-refractivity contribution in [3.05, 3.63) is 82.4 Å². The first-order chi connectivity index (χ1) is 15.1. The van der Waals surface area contributed by atoms with Crippen LogP contribution in [0.25, 0.3) is 32.7 Å². The number of nitrogens with zero attached hydrogens (tertiary/aromatic N) is 3. The Hall–Kier alpha value is -3.80. The summed E-state index contributed by atoms with van der Waals surface area (Å²) in [5.41, 5.74) is 8.56. The summed E-state index contributed by atoms with van der Waals surface area (Å²) < 4.78 is 0. The molecule has 2 aromatic heterocycles. The summed E-state index contributed by atoms with van der Waals surface area (Å²) in [4.78, 5) is 24.9. The van der Waals surface area contributed by atoms with Gasteiger partial charge < -0.3 is 5.73 Å². The van der Waals surface area contributed by atoms with Crippen LogP contribution in [-0.2, 0) is 6.42 Å². The Kier molecular flexibility index (Phi) is 5.86. The first-order valence-electron chi connectivity index (χ1n) is 10.5. The third kappa shape index (κ3) is 3.80. The van der Waals surface area contributed by atoms with Gasteiger partial charge in [0.05, 0.1) is 0 Å². The van der Waals surface area contributed by atoms with Crippen LogP contribution in [0.3, 0.4) is 0 Å². The van der Waals surface area contributed by atoms with Crippen molar-refractivity contribution >= 4 is 38.7 Å². The maximum absolute atomic E-state index is 11.1. The van der Waals surface area contributed by atoms with Gasteiger partial charge in [0.15, 0.2) is 11.2 Å². The molecule has 0 bridgehead atoms. The van der Waals surface area contributed by atoms with Crippen molar-refractivity contribution < 1.29 is 0 Å². The molecule has 32 heavy (non-hydrogen) atoms. The van der Waals surface area contributed by atoms with Crippen LogP contribution in [0, 0.1) is 0 Å². The van der Waals surface area contributed by atoms with E-state index in [1.54, 1.807) is 11.1 Å². The lowest BCUT2D eigenvalue weighted by molar-refractivity contribution is 0.593. The van der Waals surface area contributed by atoms with Gasteiger partial charge in [0.2, 0.25) is 5.95 Å². The van der Waals surface area contributed by atoms with E-state index in [0.717, 1.165) is 5.92 Å². The first kappa shape index (κ1) is 21.4. The molecule has 0 fully saturated rings. The second kappa shape index (κ2) is 8.75. The number of rotatable bonds is 0. The number of hydrogen-bond donors (Lipinski definition) is 2. The smallest absolute Gasteiger partial charge is 0.280 e. The topological polar surface area (TPSA) is 97.5 Å². The Morgan fingerprint density at radius 1 is 0.969 bits per heavy atom. The summed E-state index contributed by atoms with van der Waals surface area (Å²) in [5.74, 6) is 0.771. The number of nitrogens with one attached hydrogen (secondary N) is 1.